The van der Waals surface area contributed by atoms with E-state index >= 15 is 0 Å². The SMILES string of the molecule is NS(=O)(=O)NCC1COc2ccccc2OC1. The van der Waals surface area contributed by atoms with Crippen LogP contribution in [0.3, 0.4) is 0 Å². The fourth-order valence-corrected chi connectivity index (χ4v) is 1.97. The van der Waals surface area contributed by atoms with Gasteiger partial charge in [0.2, 0.25) is 0 Å². The minimum Gasteiger partial charge on any atom is -0.489 e. The van der Waals surface area contributed by atoms with Gasteiger partial charge in [-0.1, -0.05) is 12.1 Å². The molecule has 0 unspecified atom stereocenters. The Morgan fingerprint density at radius 1 is 1.24 bits per heavy atom. The molecule has 1 aromatic carbocycles. The van der Waals surface area contributed by atoms with Crippen molar-refractivity contribution in [2.24, 2.45) is 11.1 Å². The van der Waals surface area contributed by atoms with Crippen molar-refractivity contribution in [1.82, 2.24) is 4.72 Å². The number of benzene rings is 1. The van der Waals surface area contributed by atoms with Gasteiger partial charge in [-0.3, -0.25) is 0 Å². The normalized spacial score (nSPS) is 16.5. The number of ether oxygens (including phenoxy) is 2. The summed E-state index contributed by atoms with van der Waals surface area (Å²) in [5.74, 6) is 1.27. The molecule has 2 rings (SSSR count). The van der Waals surface area contributed by atoms with E-state index in [0.717, 1.165) is 0 Å². The molecule has 0 aromatic heterocycles. The molecule has 6 nitrogen and oxygen atoms in total. The van der Waals surface area contributed by atoms with Crippen molar-refractivity contribution in [3.05, 3.63) is 24.3 Å². The number of fused-ring (bicyclic) bond motifs is 1. The predicted molar refractivity (Wildman–Crippen MR) is 62.0 cm³/mol. The first-order valence-corrected chi connectivity index (χ1v) is 6.71. The van der Waals surface area contributed by atoms with Crippen LogP contribution < -0.4 is 19.3 Å². The maximum absolute atomic E-state index is 10.8. The summed E-state index contributed by atoms with van der Waals surface area (Å²) < 4.78 is 34.8. The third kappa shape index (κ3) is 3.58. The molecule has 7 heteroatoms. The molecule has 0 bridgehead atoms. The van der Waals surface area contributed by atoms with Gasteiger partial charge in [-0.15, -0.1) is 0 Å². The maximum Gasteiger partial charge on any atom is 0.274 e. The van der Waals surface area contributed by atoms with Crippen molar-refractivity contribution in [3.8, 4) is 11.5 Å². The molecule has 3 N–H and O–H groups in total. The Labute approximate surface area is 99.9 Å². The number of nitrogens with two attached hydrogens (primary N) is 1. The Bertz CT molecular complexity index is 462. The van der Waals surface area contributed by atoms with E-state index in [4.69, 9.17) is 14.6 Å². The average molecular weight is 258 g/mol. The Hall–Kier alpha value is -1.31. The Balaban J connectivity index is 1.95. The highest BCUT2D eigenvalue weighted by molar-refractivity contribution is 7.87. The maximum atomic E-state index is 10.8. The highest BCUT2D eigenvalue weighted by Crippen LogP contribution is 2.29. The largest absolute Gasteiger partial charge is 0.489 e. The standard InChI is InChI=1S/C10H14N2O4S/c11-17(13,14)12-5-8-6-15-9-3-1-2-4-10(9)16-7-8/h1-4,8,12H,5-7H2,(H2,11,13,14). The smallest absolute Gasteiger partial charge is 0.274 e. The first-order chi connectivity index (χ1) is 8.04. The van der Waals surface area contributed by atoms with Crippen LogP contribution in [0.2, 0.25) is 0 Å². The molecule has 0 saturated carbocycles. The van der Waals surface area contributed by atoms with Crippen molar-refractivity contribution in [3.63, 3.8) is 0 Å². The van der Waals surface area contributed by atoms with Crippen LogP contribution >= 0.6 is 0 Å². The lowest BCUT2D eigenvalue weighted by molar-refractivity contribution is 0.216. The van der Waals surface area contributed by atoms with E-state index in [1.54, 1.807) is 0 Å². The zero-order valence-electron chi connectivity index (χ0n) is 9.13. The summed E-state index contributed by atoms with van der Waals surface area (Å²) in [5.41, 5.74) is 0. The van der Waals surface area contributed by atoms with Gasteiger partial charge in [0.25, 0.3) is 10.2 Å². The van der Waals surface area contributed by atoms with Gasteiger partial charge < -0.3 is 9.47 Å². The zero-order chi connectivity index (χ0) is 12.3. The second-order valence-electron chi connectivity index (χ2n) is 3.83. The second-order valence-corrected chi connectivity index (χ2v) is 5.21. The molecule has 0 saturated heterocycles. The topological polar surface area (TPSA) is 90.7 Å². The summed E-state index contributed by atoms with van der Waals surface area (Å²) in [5, 5.41) is 4.86. The Kier molecular flexibility index (Phi) is 3.51. The lowest BCUT2D eigenvalue weighted by Gasteiger charge is -2.12. The van der Waals surface area contributed by atoms with Crippen LogP contribution in [0.5, 0.6) is 11.5 Å². The van der Waals surface area contributed by atoms with Gasteiger partial charge in [-0.2, -0.15) is 8.42 Å². The molecule has 94 valence electrons. The van der Waals surface area contributed by atoms with Crippen LogP contribution in [0.15, 0.2) is 24.3 Å². The molecular formula is C10H14N2O4S. The molecule has 0 aliphatic carbocycles. The van der Waals surface area contributed by atoms with Gasteiger partial charge in [-0.05, 0) is 12.1 Å². The fraction of sp³-hybridized carbons (Fsp3) is 0.400. The van der Waals surface area contributed by atoms with Gasteiger partial charge in [0.1, 0.15) is 0 Å². The van der Waals surface area contributed by atoms with Crippen LogP contribution in [-0.4, -0.2) is 28.2 Å². The first-order valence-electron chi connectivity index (χ1n) is 5.16. The third-order valence-corrected chi connectivity index (χ3v) is 2.94. The highest BCUT2D eigenvalue weighted by atomic mass is 32.2. The van der Waals surface area contributed by atoms with Crippen LogP contribution in [0, 0.1) is 5.92 Å². The summed E-state index contributed by atoms with van der Waals surface area (Å²) in [4.78, 5) is 0. The van der Waals surface area contributed by atoms with Gasteiger partial charge >= 0.3 is 0 Å². The molecule has 0 amide bonds. The van der Waals surface area contributed by atoms with E-state index in [0.29, 0.717) is 24.7 Å². The summed E-state index contributed by atoms with van der Waals surface area (Å²) in [6, 6.07) is 7.33. The molecule has 1 heterocycles. The number of rotatable bonds is 3. The van der Waals surface area contributed by atoms with Crippen LogP contribution in [-0.2, 0) is 10.2 Å². The monoisotopic (exact) mass is 258 g/mol. The third-order valence-electron chi connectivity index (χ3n) is 2.37. The van der Waals surface area contributed by atoms with E-state index in [-0.39, 0.29) is 12.5 Å². The van der Waals surface area contributed by atoms with E-state index in [1.807, 2.05) is 24.3 Å². The number of nitrogens with one attached hydrogen (secondary N) is 1. The van der Waals surface area contributed by atoms with E-state index in [1.165, 1.54) is 0 Å². The molecule has 0 fully saturated rings. The lowest BCUT2D eigenvalue weighted by Crippen LogP contribution is -2.37. The van der Waals surface area contributed by atoms with Crippen LogP contribution in [0.25, 0.3) is 0 Å². The van der Waals surface area contributed by atoms with Gasteiger partial charge in [-0.25, -0.2) is 9.86 Å². The second kappa shape index (κ2) is 4.91. The summed E-state index contributed by atoms with van der Waals surface area (Å²) >= 11 is 0. The van der Waals surface area contributed by atoms with Crippen LogP contribution in [0.4, 0.5) is 0 Å². The average Bonchev–Trinajstić information content (AvgIpc) is 2.48. The lowest BCUT2D eigenvalue weighted by atomic mass is 10.2. The Morgan fingerprint density at radius 2 is 1.76 bits per heavy atom. The van der Waals surface area contributed by atoms with Crippen molar-refractivity contribution >= 4 is 10.2 Å². The molecule has 1 aliphatic heterocycles. The van der Waals surface area contributed by atoms with Crippen LogP contribution in [0.1, 0.15) is 0 Å². The molecule has 1 aliphatic rings. The highest BCUT2D eigenvalue weighted by Gasteiger charge is 2.19. The number of para-hydroxylation sites is 2. The molecule has 0 radical (unpaired) electrons. The molecule has 0 atom stereocenters. The Morgan fingerprint density at radius 3 is 2.24 bits per heavy atom. The fourth-order valence-electron chi connectivity index (χ4n) is 1.50. The predicted octanol–water partition coefficient (Wildman–Crippen LogP) is -0.133. The van der Waals surface area contributed by atoms with Gasteiger partial charge in [0, 0.05) is 12.5 Å². The van der Waals surface area contributed by atoms with Crippen molar-refractivity contribution in [2.45, 2.75) is 0 Å². The minimum absolute atomic E-state index is 0.0688. The minimum atomic E-state index is -3.66. The first kappa shape index (κ1) is 12.2. The zero-order valence-corrected chi connectivity index (χ0v) is 9.94. The van der Waals surface area contributed by atoms with Gasteiger partial charge in [0.05, 0.1) is 13.2 Å². The molecule has 1 aromatic rings. The number of hydrogen-bond donors (Lipinski definition) is 2. The van der Waals surface area contributed by atoms with E-state index in [9.17, 15) is 8.42 Å². The van der Waals surface area contributed by atoms with E-state index < -0.39 is 10.2 Å². The van der Waals surface area contributed by atoms with Crippen molar-refractivity contribution in [1.29, 1.82) is 0 Å². The molecule has 0 spiro atoms. The molecule has 17 heavy (non-hydrogen) atoms. The van der Waals surface area contributed by atoms with E-state index in [2.05, 4.69) is 4.72 Å². The molecular weight excluding hydrogens is 244 g/mol. The summed E-state index contributed by atoms with van der Waals surface area (Å²) in [6.07, 6.45) is 0. The summed E-state index contributed by atoms with van der Waals surface area (Å²) in [6.45, 7) is 0.978. The quantitative estimate of drug-likeness (QED) is 0.790. The summed E-state index contributed by atoms with van der Waals surface area (Å²) in [7, 11) is -3.66. The van der Waals surface area contributed by atoms with Crippen molar-refractivity contribution < 1.29 is 17.9 Å². The number of hydrogen-bond acceptors (Lipinski definition) is 4. The van der Waals surface area contributed by atoms with Crippen molar-refractivity contribution in [2.75, 3.05) is 19.8 Å². The van der Waals surface area contributed by atoms with Gasteiger partial charge in [0.15, 0.2) is 11.5 Å².